The van der Waals surface area contributed by atoms with Gasteiger partial charge in [-0.2, -0.15) is 4.31 Å². The minimum Gasteiger partial charge on any atom is -0.462 e. The van der Waals surface area contributed by atoms with Crippen molar-refractivity contribution in [3.63, 3.8) is 0 Å². The number of benzene rings is 1. The number of esters is 1. The molecule has 2 heterocycles. The van der Waals surface area contributed by atoms with E-state index in [-0.39, 0.29) is 35.2 Å². The zero-order valence-electron chi connectivity index (χ0n) is 14.0. The summed E-state index contributed by atoms with van der Waals surface area (Å²) in [5.41, 5.74) is 5.94. The number of ether oxygens (including phenoxy) is 1. The third-order valence-corrected chi connectivity index (χ3v) is 7.16. The van der Waals surface area contributed by atoms with Gasteiger partial charge in [-0.3, -0.25) is 0 Å². The summed E-state index contributed by atoms with van der Waals surface area (Å²) in [4.78, 5) is 12.5. The molecule has 0 radical (unpaired) electrons. The Morgan fingerprint density at radius 3 is 2.68 bits per heavy atom. The van der Waals surface area contributed by atoms with Gasteiger partial charge < -0.3 is 10.5 Å². The Bertz CT molecular complexity index is 871. The molecular formula is C16H21ClN2O4S2. The van der Waals surface area contributed by atoms with Crippen molar-refractivity contribution in [1.29, 1.82) is 0 Å². The zero-order chi connectivity index (χ0) is 17.5. The number of rotatable bonds is 4. The number of carbonyl (C=O) groups excluding carboxylic acids is 1. The van der Waals surface area contributed by atoms with Crippen LogP contribution in [0.5, 0.6) is 0 Å². The number of hydrogen-bond donors (Lipinski definition) is 1. The molecule has 1 aliphatic heterocycles. The summed E-state index contributed by atoms with van der Waals surface area (Å²) in [6.45, 7) is 4.77. The van der Waals surface area contributed by atoms with Gasteiger partial charge in [0.15, 0.2) is 0 Å². The van der Waals surface area contributed by atoms with Crippen molar-refractivity contribution in [1.82, 2.24) is 4.31 Å². The first kappa shape index (κ1) is 20.1. The number of nitrogens with zero attached hydrogens (tertiary/aromatic N) is 1. The van der Waals surface area contributed by atoms with E-state index in [4.69, 9.17) is 10.5 Å². The Kier molecular flexibility index (Phi) is 6.11. The maximum absolute atomic E-state index is 12.8. The third-order valence-electron chi connectivity index (χ3n) is 4.24. The predicted octanol–water partition coefficient (Wildman–Crippen LogP) is 2.47. The quantitative estimate of drug-likeness (QED) is 0.790. The maximum Gasteiger partial charge on any atom is 0.348 e. The average Bonchev–Trinajstić information content (AvgIpc) is 3.11. The molecule has 3 rings (SSSR count). The molecule has 1 aromatic carbocycles. The highest BCUT2D eigenvalue weighted by molar-refractivity contribution is 7.89. The molecule has 25 heavy (non-hydrogen) atoms. The molecular weight excluding hydrogens is 384 g/mol. The Balaban J connectivity index is 0.00000225. The minimum atomic E-state index is -3.58. The summed E-state index contributed by atoms with van der Waals surface area (Å²) in [5.74, 6) is -0.248. The number of nitrogens with two attached hydrogens (primary N) is 1. The van der Waals surface area contributed by atoms with Crippen LogP contribution < -0.4 is 5.73 Å². The lowest BCUT2D eigenvalue weighted by atomic mass is 10.1. The molecule has 1 saturated heterocycles. The number of thiophene rings is 1. The van der Waals surface area contributed by atoms with Crippen molar-refractivity contribution in [2.24, 2.45) is 11.7 Å². The van der Waals surface area contributed by atoms with Crippen LogP contribution in [0.2, 0.25) is 0 Å². The van der Waals surface area contributed by atoms with Gasteiger partial charge in [0, 0.05) is 23.8 Å². The van der Waals surface area contributed by atoms with Crippen LogP contribution in [0.3, 0.4) is 0 Å². The molecule has 0 saturated carbocycles. The van der Waals surface area contributed by atoms with Gasteiger partial charge in [0.1, 0.15) is 4.88 Å². The summed E-state index contributed by atoms with van der Waals surface area (Å²) >= 11 is 1.29. The molecule has 6 nitrogen and oxygen atoms in total. The molecule has 9 heteroatoms. The summed E-state index contributed by atoms with van der Waals surface area (Å²) in [5, 5.41) is 0.723. The second-order valence-corrected chi connectivity index (χ2v) is 9.02. The van der Waals surface area contributed by atoms with E-state index in [1.54, 1.807) is 31.2 Å². The molecule has 0 amide bonds. The average molecular weight is 405 g/mol. The van der Waals surface area contributed by atoms with Crippen LogP contribution in [-0.4, -0.2) is 44.4 Å². The molecule has 138 valence electrons. The van der Waals surface area contributed by atoms with Crippen molar-refractivity contribution in [3.05, 3.63) is 29.1 Å². The first-order valence-electron chi connectivity index (χ1n) is 7.79. The van der Waals surface area contributed by atoms with E-state index >= 15 is 0 Å². The highest BCUT2D eigenvalue weighted by Crippen LogP contribution is 2.30. The Morgan fingerprint density at radius 1 is 1.36 bits per heavy atom. The fourth-order valence-electron chi connectivity index (χ4n) is 2.78. The molecule has 2 N–H and O–H groups in total. The lowest BCUT2D eigenvalue weighted by molar-refractivity contribution is 0.0532. The monoisotopic (exact) mass is 404 g/mol. The fourth-order valence-corrected chi connectivity index (χ4v) is 5.33. The highest BCUT2D eigenvalue weighted by atomic mass is 35.5. The van der Waals surface area contributed by atoms with Gasteiger partial charge in [-0.1, -0.05) is 6.92 Å². The summed E-state index contributed by atoms with van der Waals surface area (Å²) in [6.07, 6.45) is 0. The Morgan fingerprint density at radius 2 is 2.08 bits per heavy atom. The van der Waals surface area contributed by atoms with Gasteiger partial charge in [0.25, 0.3) is 0 Å². The van der Waals surface area contributed by atoms with E-state index in [1.807, 2.05) is 6.92 Å². The van der Waals surface area contributed by atoms with Gasteiger partial charge in [-0.25, -0.2) is 13.2 Å². The smallest absolute Gasteiger partial charge is 0.348 e. The van der Waals surface area contributed by atoms with E-state index in [1.165, 1.54) is 15.6 Å². The first-order valence-corrected chi connectivity index (χ1v) is 10.0. The maximum atomic E-state index is 12.8. The second kappa shape index (κ2) is 7.59. The van der Waals surface area contributed by atoms with Crippen molar-refractivity contribution < 1.29 is 17.9 Å². The van der Waals surface area contributed by atoms with E-state index in [9.17, 15) is 13.2 Å². The van der Waals surface area contributed by atoms with Gasteiger partial charge in [-0.15, -0.1) is 23.7 Å². The molecule has 2 atom stereocenters. The van der Waals surface area contributed by atoms with E-state index in [0.717, 1.165) is 10.1 Å². The number of sulfonamides is 1. The topological polar surface area (TPSA) is 89.7 Å². The number of hydrogen-bond acceptors (Lipinski definition) is 6. The first-order chi connectivity index (χ1) is 11.3. The third kappa shape index (κ3) is 3.83. The standard InChI is InChI=1S/C16H20N2O4S2.ClH/c1-3-22-16(19)15-7-11-6-12(4-5-14(11)23-15)24(20,21)18-8-10(2)13(17)9-18;/h4-7,10,13H,3,8-9,17H2,1-2H3;1H. The van der Waals surface area contributed by atoms with Crippen LogP contribution in [0.1, 0.15) is 23.5 Å². The van der Waals surface area contributed by atoms with Crippen LogP contribution in [0.25, 0.3) is 10.1 Å². The van der Waals surface area contributed by atoms with Gasteiger partial charge in [0.2, 0.25) is 10.0 Å². The summed E-state index contributed by atoms with van der Waals surface area (Å²) in [6, 6.07) is 6.46. The van der Waals surface area contributed by atoms with Crippen LogP contribution in [0.4, 0.5) is 0 Å². The van der Waals surface area contributed by atoms with Crippen molar-refractivity contribution in [3.8, 4) is 0 Å². The molecule has 1 aliphatic rings. The SMILES string of the molecule is CCOC(=O)c1cc2cc(S(=O)(=O)N3CC(C)C(N)C3)ccc2s1.Cl. The highest BCUT2D eigenvalue weighted by Gasteiger charge is 2.35. The van der Waals surface area contributed by atoms with E-state index < -0.39 is 10.0 Å². The fraction of sp³-hybridized carbons (Fsp3) is 0.438. The Labute approximate surface area is 157 Å². The Hall–Kier alpha value is -1.19. The zero-order valence-corrected chi connectivity index (χ0v) is 16.4. The molecule has 2 unspecified atom stereocenters. The molecule has 2 aromatic rings. The van der Waals surface area contributed by atoms with Crippen LogP contribution >= 0.6 is 23.7 Å². The van der Waals surface area contributed by atoms with Gasteiger partial charge in [0.05, 0.1) is 11.5 Å². The van der Waals surface area contributed by atoms with Gasteiger partial charge in [-0.05, 0) is 42.5 Å². The number of fused-ring (bicyclic) bond motifs is 1. The summed E-state index contributed by atoms with van der Waals surface area (Å²) in [7, 11) is -3.58. The number of carbonyl (C=O) groups is 1. The van der Waals surface area contributed by atoms with E-state index in [0.29, 0.717) is 24.6 Å². The van der Waals surface area contributed by atoms with Crippen molar-refractivity contribution >= 4 is 49.8 Å². The normalized spacial score (nSPS) is 21.2. The lowest BCUT2D eigenvalue weighted by Gasteiger charge is -2.16. The van der Waals surface area contributed by atoms with Crippen LogP contribution in [0, 0.1) is 5.92 Å². The minimum absolute atomic E-state index is 0. The molecule has 0 aliphatic carbocycles. The van der Waals surface area contributed by atoms with Crippen molar-refractivity contribution in [2.45, 2.75) is 24.8 Å². The van der Waals surface area contributed by atoms with Gasteiger partial charge >= 0.3 is 5.97 Å². The molecule has 0 bridgehead atoms. The largest absolute Gasteiger partial charge is 0.462 e. The van der Waals surface area contributed by atoms with Crippen molar-refractivity contribution in [2.75, 3.05) is 19.7 Å². The molecule has 0 spiro atoms. The number of halogens is 1. The second-order valence-electron chi connectivity index (χ2n) is 5.99. The van der Waals surface area contributed by atoms with E-state index in [2.05, 4.69) is 0 Å². The van der Waals surface area contributed by atoms with Crippen LogP contribution in [0.15, 0.2) is 29.2 Å². The molecule has 1 aromatic heterocycles. The predicted molar refractivity (Wildman–Crippen MR) is 101 cm³/mol. The van der Waals surface area contributed by atoms with Crippen LogP contribution in [-0.2, 0) is 14.8 Å². The lowest BCUT2D eigenvalue weighted by Crippen LogP contribution is -2.32. The summed E-state index contributed by atoms with van der Waals surface area (Å²) < 4.78 is 32.9. The molecule has 1 fully saturated rings.